The van der Waals surface area contributed by atoms with Crippen molar-refractivity contribution in [3.8, 4) is 0 Å². The number of carbonyl (C=O) groups is 2. The molecule has 0 fully saturated rings. The van der Waals surface area contributed by atoms with Gasteiger partial charge in [0.25, 0.3) is 5.69 Å². The quantitative estimate of drug-likeness (QED) is 0.204. The number of H-pyrrole nitrogens is 1. The number of rotatable bonds is 6. The highest BCUT2D eigenvalue weighted by atomic mass is 16.6. The number of hydrogen-bond donors (Lipinski definition) is 2. The number of fused-ring (bicyclic) bond motifs is 1. The van der Waals surface area contributed by atoms with E-state index in [1.807, 2.05) is 6.07 Å². The Bertz CT molecular complexity index is 1260. The van der Waals surface area contributed by atoms with E-state index in [1.165, 1.54) is 30.3 Å². The minimum atomic E-state index is -0.832. The van der Waals surface area contributed by atoms with Crippen LogP contribution in [0.5, 0.6) is 0 Å². The van der Waals surface area contributed by atoms with Gasteiger partial charge in [-0.1, -0.05) is 0 Å². The van der Waals surface area contributed by atoms with Gasteiger partial charge in [0.2, 0.25) is 11.7 Å². The number of aromatic amines is 1. The van der Waals surface area contributed by atoms with Gasteiger partial charge in [0.15, 0.2) is 11.3 Å². The van der Waals surface area contributed by atoms with E-state index in [2.05, 4.69) is 15.3 Å². The number of anilines is 1. The Morgan fingerprint density at radius 1 is 1.32 bits per heavy atom. The third-order valence-electron chi connectivity index (χ3n) is 4.48. The molecule has 156 valence electrons. The zero-order valence-electron chi connectivity index (χ0n) is 16.2. The molecule has 0 radical (unpaired) electrons. The third kappa shape index (κ3) is 3.86. The van der Waals surface area contributed by atoms with Gasteiger partial charge >= 0.3 is 5.97 Å². The van der Waals surface area contributed by atoms with Crippen LogP contribution in [-0.4, -0.2) is 33.3 Å². The lowest BCUT2D eigenvalue weighted by molar-refractivity contribution is -0.384. The van der Waals surface area contributed by atoms with Crippen molar-refractivity contribution >= 4 is 40.2 Å². The van der Waals surface area contributed by atoms with Gasteiger partial charge in [0.05, 0.1) is 11.5 Å². The first-order chi connectivity index (χ1) is 15.0. The van der Waals surface area contributed by atoms with E-state index in [4.69, 9.17) is 9.47 Å². The molecule has 10 nitrogen and oxygen atoms in total. The number of ether oxygens (including phenoxy) is 2. The maximum atomic E-state index is 12.9. The molecule has 4 rings (SSSR count). The summed E-state index contributed by atoms with van der Waals surface area (Å²) in [5.41, 5.74) is 1.31. The predicted octanol–water partition coefficient (Wildman–Crippen LogP) is 3.30. The van der Waals surface area contributed by atoms with E-state index in [0.717, 1.165) is 5.39 Å². The molecule has 1 aliphatic heterocycles. The third-order valence-corrected chi connectivity index (χ3v) is 4.48. The molecule has 0 atom stereocenters. The summed E-state index contributed by atoms with van der Waals surface area (Å²) in [4.78, 5) is 42.8. The molecule has 0 spiro atoms. The number of pyridine rings is 1. The molecule has 0 bridgehead atoms. The molecule has 1 aromatic carbocycles. The van der Waals surface area contributed by atoms with Crippen molar-refractivity contribution in [2.45, 2.75) is 6.92 Å². The number of aromatic nitrogens is 2. The summed E-state index contributed by atoms with van der Waals surface area (Å²) in [7, 11) is 0. The highest BCUT2D eigenvalue weighted by molar-refractivity contribution is 6.26. The Morgan fingerprint density at radius 2 is 2.10 bits per heavy atom. The summed E-state index contributed by atoms with van der Waals surface area (Å²) >= 11 is 0. The van der Waals surface area contributed by atoms with Crippen LogP contribution in [0, 0.1) is 10.1 Å². The fourth-order valence-corrected chi connectivity index (χ4v) is 3.04. The minimum absolute atomic E-state index is 0.0720. The lowest BCUT2D eigenvalue weighted by Crippen LogP contribution is -2.16. The normalized spacial score (nSPS) is 14.7. The first kappa shape index (κ1) is 19.8. The van der Waals surface area contributed by atoms with Crippen LogP contribution in [0.3, 0.4) is 0 Å². The van der Waals surface area contributed by atoms with Crippen molar-refractivity contribution in [3.63, 3.8) is 0 Å². The highest BCUT2D eigenvalue weighted by Crippen LogP contribution is 2.30. The molecule has 2 aromatic heterocycles. The Labute approximate surface area is 175 Å². The molecule has 0 amide bonds. The fourth-order valence-electron chi connectivity index (χ4n) is 3.04. The lowest BCUT2D eigenvalue weighted by Gasteiger charge is -2.08. The zero-order valence-corrected chi connectivity index (χ0v) is 16.2. The SMILES string of the molecule is CCOC(=O)C1=C(Nc2ccc([N+](=O)[O-])cc2)OC(=Cc2c[nH]c3ncccc23)C1=O. The van der Waals surface area contributed by atoms with Gasteiger partial charge < -0.3 is 19.8 Å². The molecule has 3 aromatic rings. The van der Waals surface area contributed by atoms with Gasteiger partial charge in [0.1, 0.15) is 5.65 Å². The summed E-state index contributed by atoms with van der Waals surface area (Å²) in [6.45, 7) is 1.70. The molecule has 2 N–H and O–H groups in total. The highest BCUT2D eigenvalue weighted by Gasteiger charge is 2.37. The fraction of sp³-hybridized carbons (Fsp3) is 0.0952. The van der Waals surface area contributed by atoms with Crippen molar-refractivity contribution in [2.75, 3.05) is 11.9 Å². The average Bonchev–Trinajstić information content (AvgIpc) is 3.30. The number of non-ortho nitro benzene ring substituents is 1. The van der Waals surface area contributed by atoms with Crippen molar-refractivity contribution in [3.05, 3.63) is 81.7 Å². The number of esters is 1. The van der Waals surface area contributed by atoms with Gasteiger partial charge in [-0.2, -0.15) is 0 Å². The van der Waals surface area contributed by atoms with E-state index < -0.39 is 16.7 Å². The zero-order chi connectivity index (χ0) is 22.0. The molecule has 0 saturated carbocycles. The molecule has 10 heteroatoms. The van der Waals surface area contributed by atoms with Crippen molar-refractivity contribution < 1.29 is 24.0 Å². The van der Waals surface area contributed by atoms with E-state index in [9.17, 15) is 19.7 Å². The van der Waals surface area contributed by atoms with Gasteiger partial charge in [0, 0.05) is 41.2 Å². The summed E-state index contributed by atoms with van der Waals surface area (Å²) in [5.74, 6) is -1.65. The van der Waals surface area contributed by atoms with Crippen LogP contribution in [0.25, 0.3) is 17.1 Å². The van der Waals surface area contributed by atoms with Gasteiger partial charge in [-0.15, -0.1) is 0 Å². The monoisotopic (exact) mass is 420 g/mol. The molecule has 0 unspecified atom stereocenters. The number of nitro groups is 1. The molecule has 1 aliphatic rings. The first-order valence-corrected chi connectivity index (χ1v) is 9.27. The van der Waals surface area contributed by atoms with E-state index in [-0.39, 0.29) is 29.5 Å². The number of benzene rings is 1. The number of Topliss-reactive ketones (excluding diaryl/α,β-unsaturated/α-hetero) is 1. The summed E-state index contributed by atoms with van der Waals surface area (Å²) in [6.07, 6.45) is 4.82. The number of nitrogens with one attached hydrogen (secondary N) is 2. The van der Waals surface area contributed by atoms with Crippen LogP contribution in [0.1, 0.15) is 12.5 Å². The maximum Gasteiger partial charge on any atom is 0.347 e. The lowest BCUT2D eigenvalue weighted by atomic mass is 10.1. The maximum absolute atomic E-state index is 12.9. The molecule has 0 saturated heterocycles. The number of allylic oxidation sites excluding steroid dienone is 1. The Morgan fingerprint density at radius 3 is 2.81 bits per heavy atom. The Hall–Kier alpha value is -4.47. The first-order valence-electron chi connectivity index (χ1n) is 9.27. The summed E-state index contributed by atoms with van der Waals surface area (Å²) in [6, 6.07) is 9.06. The average molecular weight is 420 g/mol. The molecule has 0 aliphatic carbocycles. The number of ketones is 1. The second-order valence-corrected chi connectivity index (χ2v) is 6.44. The van der Waals surface area contributed by atoms with Crippen molar-refractivity contribution in [1.82, 2.24) is 9.97 Å². The number of nitrogens with zero attached hydrogens (tertiary/aromatic N) is 2. The largest absolute Gasteiger partial charge is 0.462 e. The minimum Gasteiger partial charge on any atom is -0.462 e. The van der Waals surface area contributed by atoms with E-state index >= 15 is 0 Å². The standard InChI is InChI=1S/C21H16N4O6/c1-2-30-21(27)17-18(26)16(10-12-11-23-19-15(12)4-3-9-22-19)31-20(17)24-13-5-7-14(8-6-13)25(28)29/h3-11,24H,2H2,1H3,(H,22,23). The van der Waals surface area contributed by atoms with Gasteiger partial charge in [-0.25, -0.2) is 9.78 Å². The summed E-state index contributed by atoms with van der Waals surface area (Å²) in [5, 5.41) is 14.4. The molecular formula is C21H16N4O6. The summed E-state index contributed by atoms with van der Waals surface area (Å²) < 4.78 is 10.7. The van der Waals surface area contributed by atoms with Crippen molar-refractivity contribution in [2.24, 2.45) is 0 Å². The second kappa shape index (κ2) is 8.11. The van der Waals surface area contributed by atoms with Crippen LogP contribution in [0.2, 0.25) is 0 Å². The molecule has 31 heavy (non-hydrogen) atoms. The Kier molecular flexibility index (Phi) is 5.19. The number of carbonyl (C=O) groups excluding carboxylic acids is 2. The van der Waals surface area contributed by atoms with Crippen molar-refractivity contribution in [1.29, 1.82) is 0 Å². The molecular weight excluding hydrogens is 404 g/mol. The van der Waals surface area contributed by atoms with Crippen LogP contribution in [0.15, 0.2) is 66.0 Å². The number of hydrogen-bond acceptors (Lipinski definition) is 8. The smallest absolute Gasteiger partial charge is 0.347 e. The van der Waals surface area contributed by atoms with Crippen LogP contribution < -0.4 is 5.32 Å². The second-order valence-electron chi connectivity index (χ2n) is 6.44. The van der Waals surface area contributed by atoms with Gasteiger partial charge in [-0.3, -0.25) is 14.9 Å². The Balaban J connectivity index is 1.68. The van der Waals surface area contributed by atoms with Crippen LogP contribution >= 0.6 is 0 Å². The van der Waals surface area contributed by atoms with E-state index in [1.54, 1.807) is 25.4 Å². The van der Waals surface area contributed by atoms with Crippen LogP contribution in [-0.2, 0) is 19.1 Å². The topological polar surface area (TPSA) is 136 Å². The van der Waals surface area contributed by atoms with Gasteiger partial charge in [-0.05, 0) is 37.3 Å². The predicted molar refractivity (Wildman–Crippen MR) is 111 cm³/mol. The van der Waals surface area contributed by atoms with E-state index in [0.29, 0.717) is 16.9 Å². The van der Waals surface area contributed by atoms with Crippen LogP contribution in [0.4, 0.5) is 11.4 Å². The number of nitro benzene ring substituents is 1. The molecule has 3 heterocycles.